The molecule has 0 bridgehead atoms. The van der Waals surface area contributed by atoms with E-state index >= 15 is 4.39 Å². The molecule has 36 heavy (non-hydrogen) atoms. The number of pyridine rings is 1. The molecule has 1 saturated heterocycles. The second-order valence-corrected chi connectivity index (χ2v) is 9.51. The summed E-state index contributed by atoms with van der Waals surface area (Å²) in [4.78, 5) is 29.4. The van der Waals surface area contributed by atoms with Crippen molar-refractivity contribution in [3.8, 4) is 5.75 Å². The summed E-state index contributed by atoms with van der Waals surface area (Å²) in [5, 5.41) is 12.5. The highest BCUT2D eigenvalue weighted by Crippen LogP contribution is 2.47. The van der Waals surface area contributed by atoms with Gasteiger partial charge in [0.2, 0.25) is 5.43 Å². The zero-order valence-corrected chi connectivity index (χ0v) is 19.2. The lowest BCUT2D eigenvalue weighted by Gasteiger charge is -2.51. The number of para-hydroxylation sites is 1. The summed E-state index contributed by atoms with van der Waals surface area (Å²) in [6.45, 7) is 1.63. The Morgan fingerprint density at radius 2 is 1.89 bits per heavy atom. The van der Waals surface area contributed by atoms with E-state index in [1.807, 2.05) is 23.2 Å². The number of rotatable bonds is 1. The highest BCUT2D eigenvalue weighted by molar-refractivity contribution is 5.96. The smallest absolute Gasteiger partial charge is 0.278 e. The van der Waals surface area contributed by atoms with Gasteiger partial charge in [0.15, 0.2) is 23.1 Å². The molecule has 10 heteroatoms. The van der Waals surface area contributed by atoms with Gasteiger partial charge < -0.3 is 19.6 Å². The number of nitrogens with zero attached hydrogens (tertiary/aromatic N) is 4. The van der Waals surface area contributed by atoms with Gasteiger partial charge in [0.1, 0.15) is 12.2 Å². The van der Waals surface area contributed by atoms with Gasteiger partial charge in [0, 0.05) is 48.7 Å². The summed E-state index contributed by atoms with van der Waals surface area (Å²) in [5.41, 5.74) is 2.93. The van der Waals surface area contributed by atoms with Crippen molar-refractivity contribution in [3.63, 3.8) is 0 Å². The first-order valence-corrected chi connectivity index (χ1v) is 11.9. The van der Waals surface area contributed by atoms with Gasteiger partial charge in [-0.25, -0.2) is 8.78 Å². The van der Waals surface area contributed by atoms with Crippen LogP contribution in [0.2, 0.25) is 0 Å². The van der Waals surface area contributed by atoms with Crippen LogP contribution in [-0.4, -0.2) is 53.1 Å². The summed E-state index contributed by atoms with van der Waals surface area (Å²) in [7, 11) is 0. The fourth-order valence-corrected chi connectivity index (χ4v) is 6.14. The van der Waals surface area contributed by atoms with E-state index in [1.165, 1.54) is 16.9 Å². The predicted molar refractivity (Wildman–Crippen MR) is 126 cm³/mol. The zero-order chi connectivity index (χ0) is 24.7. The molecular formula is C26H22F2N4O4. The number of hydrogen-bond donors (Lipinski definition) is 1. The van der Waals surface area contributed by atoms with Crippen molar-refractivity contribution in [1.29, 1.82) is 0 Å². The molecule has 8 nitrogen and oxygen atoms in total. The van der Waals surface area contributed by atoms with Crippen LogP contribution in [0.1, 0.15) is 38.8 Å². The van der Waals surface area contributed by atoms with Crippen molar-refractivity contribution in [3.05, 3.63) is 92.4 Å². The molecule has 1 N–H and O–H groups in total. The minimum atomic E-state index is -0.920. The topological polar surface area (TPSA) is 78.2 Å². The van der Waals surface area contributed by atoms with E-state index in [0.29, 0.717) is 18.7 Å². The molecule has 1 fully saturated rings. The van der Waals surface area contributed by atoms with E-state index in [2.05, 4.69) is 4.90 Å². The summed E-state index contributed by atoms with van der Waals surface area (Å²) in [5.74, 6) is -2.94. The van der Waals surface area contributed by atoms with Crippen LogP contribution in [0.15, 0.2) is 47.4 Å². The summed E-state index contributed by atoms with van der Waals surface area (Å²) in [6, 6.07) is 9.20. The third kappa shape index (κ3) is 2.76. The number of aromatic hydroxyl groups is 1. The fourth-order valence-electron chi connectivity index (χ4n) is 6.14. The molecule has 1 amide bonds. The Labute approximate surface area is 204 Å². The lowest BCUT2D eigenvalue weighted by molar-refractivity contribution is -0.0196. The lowest BCUT2D eigenvalue weighted by Crippen LogP contribution is -2.66. The third-order valence-corrected chi connectivity index (χ3v) is 7.73. The Balaban J connectivity index is 1.56. The van der Waals surface area contributed by atoms with E-state index in [-0.39, 0.29) is 31.0 Å². The molecule has 0 radical (unpaired) electrons. The van der Waals surface area contributed by atoms with Gasteiger partial charge in [0.05, 0.1) is 13.2 Å². The maximum Gasteiger partial charge on any atom is 0.278 e. The molecule has 3 aromatic rings. The monoisotopic (exact) mass is 492 g/mol. The molecule has 7 rings (SSSR count). The van der Waals surface area contributed by atoms with E-state index in [0.717, 1.165) is 29.3 Å². The van der Waals surface area contributed by atoms with Crippen molar-refractivity contribution < 1.29 is 23.4 Å². The Morgan fingerprint density at radius 1 is 1.03 bits per heavy atom. The number of carbonyl (C=O) groups excluding carboxylic acids is 1. The molecule has 0 aliphatic carbocycles. The Morgan fingerprint density at radius 3 is 2.75 bits per heavy atom. The Bertz CT molecular complexity index is 1510. The SMILES string of the molecule is O=C1c2c(O)c(=O)ccn2N([C@H]2c3ccc(F)c(F)c3CN3CCc4cccc2c43)[C@@H]2COCCN12. The average molecular weight is 492 g/mol. The summed E-state index contributed by atoms with van der Waals surface area (Å²) >= 11 is 0. The van der Waals surface area contributed by atoms with Crippen molar-refractivity contribution in [2.24, 2.45) is 0 Å². The van der Waals surface area contributed by atoms with Crippen molar-refractivity contribution in [2.75, 3.05) is 36.2 Å². The van der Waals surface area contributed by atoms with E-state index < -0.39 is 40.9 Å². The van der Waals surface area contributed by atoms with Crippen LogP contribution in [0, 0.1) is 11.6 Å². The average Bonchev–Trinajstić information content (AvgIpc) is 3.24. The van der Waals surface area contributed by atoms with Crippen LogP contribution in [0.25, 0.3) is 0 Å². The number of aromatic nitrogens is 1. The second kappa shape index (κ2) is 7.54. The number of morpholine rings is 1. The van der Waals surface area contributed by atoms with Crippen molar-refractivity contribution in [1.82, 2.24) is 9.58 Å². The normalized spacial score (nSPS) is 22.1. The van der Waals surface area contributed by atoms with Gasteiger partial charge in [-0.1, -0.05) is 24.3 Å². The number of benzene rings is 2. The number of halogens is 2. The number of hydrogen-bond acceptors (Lipinski definition) is 6. The number of amides is 1. The molecule has 2 aromatic carbocycles. The molecular weight excluding hydrogens is 470 g/mol. The molecule has 0 saturated carbocycles. The largest absolute Gasteiger partial charge is 0.502 e. The minimum absolute atomic E-state index is 0.154. The molecule has 5 heterocycles. The molecule has 0 spiro atoms. The van der Waals surface area contributed by atoms with Crippen LogP contribution in [0.4, 0.5) is 14.5 Å². The number of carbonyl (C=O) groups is 1. The quantitative estimate of drug-likeness (QED) is 0.562. The number of fused-ring (bicyclic) bond motifs is 3. The van der Waals surface area contributed by atoms with Crippen LogP contribution < -0.4 is 15.3 Å². The molecule has 0 unspecified atom stereocenters. The molecule has 184 valence electrons. The van der Waals surface area contributed by atoms with Gasteiger partial charge in [-0.15, -0.1) is 0 Å². The van der Waals surface area contributed by atoms with Crippen LogP contribution in [0.3, 0.4) is 0 Å². The first-order valence-electron chi connectivity index (χ1n) is 11.9. The first kappa shape index (κ1) is 21.4. The highest BCUT2D eigenvalue weighted by Gasteiger charge is 2.47. The molecule has 2 atom stereocenters. The van der Waals surface area contributed by atoms with Crippen molar-refractivity contribution in [2.45, 2.75) is 25.2 Å². The minimum Gasteiger partial charge on any atom is -0.502 e. The fraction of sp³-hybridized carbons (Fsp3) is 0.308. The van der Waals surface area contributed by atoms with Crippen LogP contribution in [0.5, 0.6) is 5.75 Å². The van der Waals surface area contributed by atoms with Gasteiger partial charge in [-0.3, -0.25) is 19.3 Å². The summed E-state index contributed by atoms with van der Waals surface area (Å²) < 4.78 is 37.1. The van der Waals surface area contributed by atoms with E-state index in [9.17, 15) is 19.1 Å². The first-order chi connectivity index (χ1) is 17.5. The van der Waals surface area contributed by atoms with Crippen LogP contribution >= 0.6 is 0 Å². The summed E-state index contributed by atoms with van der Waals surface area (Å²) in [6.07, 6.45) is 1.63. The predicted octanol–water partition coefficient (Wildman–Crippen LogP) is 2.25. The zero-order valence-electron chi connectivity index (χ0n) is 19.2. The third-order valence-electron chi connectivity index (χ3n) is 7.73. The standard InChI is InChI=1S/C26H22F2N4O4/c27-18-5-4-15-17(21(18)28)12-29-8-6-14-2-1-3-16(22(14)29)23(15)32-20-13-36-11-10-30(20)26(35)24-25(34)19(33)7-9-31(24)32/h1-5,7,9,20,23,34H,6,8,10-13H2/t20-,23+/m1/s1. The molecule has 4 aliphatic heterocycles. The maximum absolute atomic E-state index is 15.4. The second-order valence-electron chi connectivity index (χ2n) is 9.51. The van der Waals surface area contributed by atoms with E-state index in [1.54, 1.807) is 11.0 Å². The Kier molecular flexibility index (Phi) is 4.47. The molecule has 1 aromatic heterocycles. The Hall–Kier alpha value is -3.92. The van der Waals surface area contributed by atoms with E-state index in [4.69, 9.17) is 4.74 Å². The number of ether oxygens (including phenoxy) is 1. The number of anilines is 1. The van der Waals surface area contributed by atoms with Crippen LogP contribution in [-0.2, 0) is 17.7 Å². The van der Waals surface area contributed by atoms with Crippen molar-refractivity contribution >= 4 is 11.6 Å². The van der Waals surface area contributed by atoms with Gasteiger partial charge in [-0.2, -0.15) is 0 Å². The highest BCUT2D eigenvalue weighted by atomic mass is 19.2. The van der Waals surface area contributed by atoms with Gasteiger partial charge in [0.25, 0.3) is 5.91 Å². The van der Waals surface area contributed by atoms with Gasteiger partial charge in [-0.05, 0) is 23.6 Å². The lowest BCUT2D eigenvalue weighted by atomic mass is 9.91. The van der Waals surface area contributed by atoms with Gasteiger partial charge >= 0.3 is 0 Å². The molecule has 4 aliphatic rings. The maximum atomic E-state index is 15.4.